The number of thiophene rings is 1. The molecule has 1 saturated heterocycles. The quantitative estimate of drug-likeness (QED) is 0.644. The molecule has 154 valence electrons. The SMILES string of the molecule is Cc1ccsc1CN(CC(O)COc1ccc(Cl)cc1Cl)C1CCS(=O)(=O)C1. The van der Waals surface area contributed by atoms with Crippen molar-refractivity contribution in [2.24, 2.45) is 0 Å². The summed E-state index contributed by atoms with van der Waals surface area (Å²) in [5.74, 6) is 0.785. The Labute approximate surface area is 179 Å². The molecule has 1 fully saturated rings. The third-order valence-electron chi connectivity index (χ3n) is 4.81. The van der Waals surface area contributed by atoms with Gasteiger partial charge in [0.1, 0.15) is 18.5 Å². The molecule has 9 heteroatoms. The number of benzene rings is 1. The molecule has 0 amide bonds. The van der Waals surface area contributed by atoms with Crippen molar-refractivity contribution in [3.05, 3.63) is 50.1 Å². The maximum absolute atomic E-state index is 11.9. The van der Waals surface area contributed by atoms with Gasteiger partial charge in [0.25, 0.3) is 0 Å². The second kappa shape index (κ2) is 9.32. The highest BCUT2D eigenvalue weighted by molar-refractivity contribution is 7.91. The molecule has 5 nitrogen and oxygen atoms in total. The van der Waals surface area contributed by atoms with Gasteiger partial charge >= 0.3 is 0 Å². The van der Waals surface area contributed by atoms with Gasteiger partial charge in [0, 0.05) is 29.0 Å². The molecule has 1 aliphatic heterocycles. The Bertz CT molecular complexity index is 916. The fraction of sp³-hybridized carbons (Fsp3) is 0.474. The third-order valence-corrected chi connectivity index (χ3v) is 8.10. The minimum absolute atomic E-state index is 0.0563. The zero-order valence-corrected chi connectivity index (χ0v) is 18.6. The van der Waals surface area contributed by atoms with Crippen LogP contribution in [0.5, 0.6) is 5.75 Å². The first-order valence-corrected chi connectivity index (χ1v) is 12.4. The van der Waals surface area contributed by atoms with Crippen LogP contribution in [0.2, 0.25) is 10.0 Å². The first-order valence-electron chi connectivity index (χ1n) is 8.97. The van der Waals surface area contributed by atoms with E-state index in [-0.39, 0.29) is 24.2 Å². The van der Waals surface area contributed by atoms with Gasteiger partial charge in [-0.2, -0.15) is 0 Å². The molecule has 1 aromatic heterocycles. The third kappa shape index (κ3) is 5.84. The highest BCUT2D eigenvalue weighted by Crippen LogP contribution is 2.28. The van der Waals surface area contributed by atoms with Crippen LogP contribution in [0.1, 0.15) is 16.9 Å². The summed E-state index contributed by atoms with van der Waals surface area (Å²) >= 11 is 13.6. The van der Waals surface area contributed by atoms with E-state index in [0.29, 0.717) is 35.3 Å². The molecule has 0 saturated carbocycles. The van der Waals surface area contributed by atoms with E-state index in [4.69, 9.17) is 27.9 Å². The number of aliphatic hydroxyl groups excluding tert-OH is 1. The number of aryl methyl sites for hydroxylation is 1. The Hall–Kier alpha value is -0.830. The zero-order chi connectivity index (χ0) is 20.3. The average molecular weight is 464 g/mol. The standard InChI is InChI=1S/C19H23Cl2NO4S2/c1-13-4-6-27-19(13)10-22(15-5-7-28(24,25)12-15)9-16(23)11-26-18-3-2-14(20)8-17(18)21/h2-4,6,8,15-16,23H,5,7,9-12H2,1H3. The first kappa shape index (κ1) is 21.9. The van der Waals surface area contributed by atoms with E-state index in [2.05, 4.69) is 4.90 Å². The number of nitrogens with zero attached hydrogens (tertiary/aromatic N) is 1. The number of halogens is 2. The summed E-state index contributed by atoms with van der Waals surface area (Å²) in [6, 6.07) is 6.87. The Morgan fingerprint density at radius 1 is 1.36 bits per heavy atom. The molecule has 2 atom stereocenters. The Morgan fingerprint density at radius 2 is 2.14 bits per heavy atom. The van der Waals surface area contributed by atoms with Crippen molar-refractivity contribution in [1.29, 1.82) is 0 Å². The van der Waals surface area contributed by atoms with Gasteiger partial charge in [-0.15, -0.1) is 11.3 Å². The van der Waals surface area contributed by atoms with E-state index >= 15 is 0 Å². The number of ether oxygens (including phenoxy) is 1. The van der Waals surface area contributed by atoms with E-state index < -0.39 is 15.9 Å². The minimum atomic E-state index is -3.01. The fourth-order valence-corrected chi connectivity index (χ4v) is 6.41. The van der Waals surface area contributed by atoms with Crippen LogP contribution in [-0.2, 0) is 16.4 Å². The van der Waals surface area contributed by atoms with Crippen LogP contribution in [0.25, 0.3) is 0 Å². The number of sulfone groups is 1. The summed E-state index contributed by atoms with van der Waals surface area (Å²) in [7, 11) is -3.01. The average Bonchev–Trinajstić information content (AvgIpc) is 3.18. The molecule has 0 aliphatic carbocycles. The first-order chi connectivity index (χ1) is 13.2. The number of rotatable bonds is 8. The summed E-state index contributed by atoms with van der Waals surface area (Å²) in [6.07, 6.45) is -0.195. The molecule has 1 aromatic carbocycles. The molecular formula is C19H23Cl2NO4S2. The van der Waals surface area contributed by atoms with Crippen LogP contribution in [0, 0.1) is 6.92 Å². The monoisotopic (exact) mass is 463 g/mol. The van der Waals surface area contributed by atoms with Gasteiger partial charge in [0.15, 0.2) is 9.84 Å². The smallest absolute Gasteiger partial charge is 0.151 e. The van der Waals surface area contributed by atoms with Crippen LogP contribution < -0.4 is 4.74 Å². The molecule has 0 bridgehead atoms. The highest BCUT2D eigenvalue weighted by Gasteiger charge is 2.33. The lowest BCUT2D eigenvalue weighted by molar-refractivity contribution is 0.0528. The van der Waals surface area contributed by atoms with Crippen molar-refractivity contribution >= 4 is 44.4 Å². The molecule has 2 unspecified atom stereocenters. The lowest BCUT2D eigenvalue weighted by Crippen LogP contribution is -2.42. The lowest BCUT2D eigenvalue weighted by atomic mass is 10.1. The summed E-state index contributed by atoms with van der Waals surface area (Å²) in [4.78, 5) is 3.24. The van der Waals surface area contributed by atoms with E-state index in [1.165, 1.54) is 10.4 Å². The van der Waals surface area contributed by atoms with Gasteiger partial charge < -0.3 is 9.84 Å². The molecular weight excluding hydrogens is 441 g/mol. The predicted molar refractivity (Wildman–Crippen MR) is 114 cm³/mol. The second-order valence-electron chi connectivity index (χ2n) is 7.05. The van der Waals surface area contributed by atoms with E-state index in [1.807, 2.05) is 18.4 Å². The predicted octanol–water partition coefficient (Wildman–Crippen LogP) is 3.79. The molecule has 3 rings (SSSR count). The van der Waals surface area contributed by atoms with Crippen molar-refractivity contribution in [2.75, 3.05) is 24.7 Å². The fourth-order valence-electron chi connectivity index (χ4n) is 3.26. The van der Waals surface area contributed by atoms with E-state index in [0.717, 1.165) is 0 Å². The summed E-state index contributed by atoms with van der Waals surface area (Å²) in [5.41, 5.74) is 1.18. The van der Waals surface area contributed by atoms with E-state index in [9.17, 15) is 13.5 Å². The Morgan fingerprint density at radius 3 is 2.75 bits per heavy atom. The Kier molecular flexibility index (Phi) is 7.28. The lowest BCUT2D eigenvalue weighted by Gasteiger charge is -2.30. The van der Waals surface area contributed by atoms with Gasteiger partial charge in [0.05, 0.1) is 16.5 Å². The molecule has 2 heterocycles. The van der Waals surface area contributed by atoms with E-state index in [1.54, 1.807) is 29.5 Å². The van der Waals surface area contributed by atoms with Gasteiger partial charge in [-0.1, -0.05) is 23.2 Å². The van der Waals surface area contributed by atoms with Gasteiger partial charge in [0.2, 0.25) is 0 Å². The highest BCUT2D eigenvalue weighted by atomic mass is 35.5. The molecule has 1 aliphatic rings. The second-order valence-corrected chi connectivity index (χ2v) is 11.1. The molecule has 1 N–H and O–H groups in total. The number of hydrogen-bond donors (Lipinski definition) is 1. The maximum atomic E-state index is 11.9. The van der Waals surface area contributed by atoms with Crippen molar-refractivity contribution in [3.63, 3.8) is 0 Å². The minimum Gasteiger partial charge on any atom is -0.489 e. The van der Waals surface area contributed by atoms with Gasteiger partial charge in [-0.25, -0.2) is 8.42 Å². The van der Waals surface area contributed by atoms with Crippen molar-refractivity contribution < 1.29 is 18.3 Å². The molecule has 0 radical (unpaired) electrons. The summed E-state index contributed by atoms with van der Waals surface area (Å²) in [5, 5.41) is 13.5. The number of aliphatic hydroxyl groups is 1. The molecule has 0 spiro atoms. The normalized spacial score (nSPS) is 19.8. The molecule has 28 heavy (non-hydrogen) atoms. The van der Waals surface area contributed by atoms with Crippen molar-refractivity contribution in [2.45, 2.75) is 32.0 Å². The summed E-state index contributed by atoms with van der Waals surface area (Å²) in [6.45, 7) is 3.03. The van der Waals surface area contributed by atoms with Crippen LogP contribution >= 0.6 is 34.5 Å². The van der Waals surface area contributed by atoms with Crippen LogP contribution in [0.15, 0.2) is 29.6 Å². The topological polar surface area (TPSA) is 66.8 Å². The number of hydrogen-bond acceptors (Lipinski definition) is 6. The van der Waals surface area contributed by atoms with Crippen LogP contribution in [0.3, 0.4) is 0 Å². The maximum Gasteiger partial charge on any atom is 0.151 e. The van der Waals surface area contributed by atoms with Gasteiger partial charge in [-0.3, -0.25) is 4.90 Å². The van der Waals surface area contributed by atoms with Crippen molar-refractivity contribution in [1.82, 2.24) is 4.90 Å². The van der Waals surface area contributed by atoms with Gasteiger partial charge in [-0.05, 0) is 48.6 Å². The Balaban J connectivity index is 1.65. The summed E-state index contributed by atoms with van der Waals surface area (Å²) < 4.78 is 29.5. The zero-order valence-electron chi connectivity index (χ0n) is 15.5. The van der Waals surface area contributed by atoms with Crippen LogP contribution in [0.4, 0.5) is 0 Å². The van der Waals surface area contributed by atoms with Crippen LogP contribution in [-0.4, -0.2) is 55.2 Å². The molecule has 2 aromatic rings. The largest absolute Gasteiger partial charge is 0.489 e. The van der Waals surface area contributed by atoms with Crippen molar-refractivity contribution in [3.8, 4) is 5.75 Å².